The summed E-state index contributed by atoms with van der Waals surface area (Å²) in [6.07, 6.45) is 3.49. The molecule has 0 spiro atoms. The second-order valence-corrected chi connectivity index (χ2v) is 5.28. The van der Waals surface area contributed by atoms with Crippen LogP contribution in [0.15, 0.2) is 41.8 Å². The van der Waals surface area contributed by atoms with E-state index in [1.807, 2.05) is 6.07 Å². The van der Waals surface area contributed by atoms with Gasteiger partial charge in [-0.3, -0.25) is 0 Å². The van der Waals surface area contributed by atoms with Crippen LogP contribution < -0.4 is 5.73 Å². The Balaban J connectivity index is 1.99. The molecular formula is C14H17N3S. The van der Waals surface area contributed by atoms with E-state index in [1.165, 1.54) is 16.7 Å². The number of nitrogens with zero attached hydrogens (tertiary/aromatic N) is 2. The second-order valence-electron chi connectivity index (χ2n) is 4.29. The largest absolute Gasteiger partial charge is 0.323 e. The fraction of sp³-hybridized carbons (Fsp3) is 0.286. The van der Waals surface area contributed by atoms with Gasteiger partial charge in [0.15, 0.2) is 5.16 Å². The first kappa shape index (κ1) is 13.1. The standard InChI is InChI=1S/C14H17N3S/c1-10-4-5-12(8-11(10)2)13(15)9-18-14-16-6-3-7-17-14/h3-8,13H,9,15H2,1-2H3. The van der Waals surface area contributed by atoms with Gasteiger partial charge in [-0.05, 0) is 36.6 Å². The zero-order chi connectivity index (χ0) is 13.0. The Kier molecular flexibility index (Phi) is 4.33. The normalized spacial score (nSPS) is 12.4. The molecule has 1 aromatic carbocycles. The molecule has 0 aliphatic rings. The van der Waals surface area contributed by atoms with Gasteiger partial charge in [0.25, 0.3) is 0 Å². The van der Waals surface area contributed by atoms with Crippen molar-refractivity contribution in [3.05, 3.63) is 53.3 Å². The molecule has 1 heterocycles. The smallest absolute Gasteiger partial charge is 0.187 e. The molecule has 2 aromatic rings. The summed E-state index contributed by atoms with van der Waals surface area (Å²) >= 11 is 1.59. The van der Waals surface area contributed by atoms with E-state index in [4.69, 9.17) is 5.73 Å². The molecule has 2 N–H and O–H groups in total. The van der Waals surface area contributed by atoms with Crippen LogP contribution in [0.5, 0.6) is 0 Å². The lowest BCUT2D eigenvalue weighted by atomic mass is 10.0. The summed E-state index contributed by atoms with van der Waals surface area (Å²) in [5, 5.41) is 0.775. The maximum atomic E-state index is 6.19. The van der Waals surface area contributed by atoms with Gasteiger partial charge in [-0.1, -0.05) is 30.0 Å². The van der Waals surface area contributed by atoms with Crippen LogP contribution in [0.4, 0.5) is 0 Å². The minimum absolute atomic E-state index is 0.0121. The van der Waals surface area contributed by atoms with Crippen molar-refractivity contribution in [1.29, 1.82) is 0 Å². The van der Waals surface area contributed by atoms with Crippen LogP contribution in [0, 0.1) is 13.8 Å². The Labute approximate surface area is 112 Å². The molecule has 3 nitrogen and oxygen atoms in total. The van der Waals surface area contributed by atoms with Gasteiger partial charge in [-0.2, -0.15) is 0 Å². The third kappa shape index (κ3) is 3.31. The molecule has 94 valence electrons. The van der Waals surface area contributed by atoms with Crippen LogP contribution in [-0.2, 0) is 0 Å². The molecule has 4 heteroatoms. The molecule has 1 aromatic heterocycles. The Hall–Kier alpha value is -1.39. The molecule has 1 atom stereocenters. The molecule has 0 aliphatic carbocycles. The van der Waals surface area contributed by atoms with Gasteiger partial charge in [0.05, 0.1) is 0 Å². The number of nitrogens with two attached hydrogens (primary N) is 1. The third-order valence-electron chi connectivity index (χ3n) is 2.89. The van der Waals surface area contributed by atoms with Crippen LogP contribution in [0.2, 0.25) is 0 Å². The summed E-state index contributed by atoms with van der Waals surface area (Å²) in [5.74, 6) is 0.784. The van der Waals surface area contributed by atoms with Crippen LogP contribution in [-0.4, -0.2) is 15.7 Å². The first-order valence-corrected chi connectivity index (χ1v) is 6.88. The highest BCUT2D eigenvalue weighted by Crippen LogP contribution is 2.21. The Morgan fingerprint density at radius 2 is 1.89 bits per heavy atom. The molecule has 0 aliphatic heterocycles. The van der Waals surface area contributed by atoms with Crippen molar-refractivity contribution < 1.29 is 0 Å². The lowest BCUT2D eigenvalue weighted by Crippen LogP contribution is -2.13. The van der Waals surface area contributed by atoms with E-state index in [2.05, 4.69) is 42.0 Å². The highest BCUT2D eigenvalue weighted by molar-refractivity contribution is 7.99. The maximum Gasteiger partial charge on any atom is 0.187 e. The molecule has 0 saturated carbocycles. The highest BCUT2D eigenvalue weighted by atomic mass is 32.2. The SMILES string of the molecule is Cc1ccc(C(N)CSc2ncccn2)cc1C. The van der Waals surface area contributed by atoms with Crippen molar-refractivity contribution in [2.75, 3.05) is 5.75 Å². The molecule has 0 bridgehead atoms. The first-order chi connectivity index (χ1) is 8.66. The Bertz CT molecular complexity index is 514. The molecule has 0 saturated heterocycles. The van der Waals surface area contributed by atoms with Gasteiger partial charge >= 0.3 is 0 Å². The Morgan fingerprint density at radius 3 is 2.56 bits per heavy atom. The summed E-state index contributed by atoms with van der Waals surface area (Å²) in [6.45, 7) is 4.22. The molecule has 2 rings (SSSR count). The minimum Gasteiger partial charge on any atom is -0.323 e. The van der Waals surface area contributed by atoms with Gasteiger partial charge in [0.1, 0.15) is 0 Å². The van der Waals surface area contributed by atoms with Gasteiger partial charge in [-0.25, -0.2) is 9.97 Å². The predicted octanol–water partition coefficient (Wildman–Crippen LogP) is 2.89. The van der Waals surface area contributed by atoms with E-state index in [-0.39, 0.29) is 6.04 Å². The topological polar surface area (TPSA) is 51.8 Å². The molecule has 0 amide bonds. The quantitative estimate of drug-likeness (QED) is 0.677. The van der Waals surface area contributed by atoms with Crippen molar-refractivity contribution in [3.8, 4) is 0 Å². The fourth-order valence-electron chi connectivity index (χ4n) is 1.62. The zero-order valence-corrected chi connectivity index (χ0v) is 11.4. The van der Waals surface area contributed by atoms with Crippen LogP contribution in [0.25, 0.3) is 0 Å². The van der Waals surface area contributed by atoms with Gasteiger partial charge < -0.3 is 5.73 Å². The molecule has 0 fully saturated rings. The fourth-order valence-corrected chi connectivity index (χ4v) is 2.41. The molecule has 1 unspecified atom stereocenters. The number of hydrogen-bond acceptors (Lipinski definition) is 4. The number of aromatic nitrogens is 2. The van der Waals surface area contributed by atoms with Crippen molar-refractivity contribution in [1.82, 2.24) is 9.97 Å². The lowest BCUT2D eigenvalue weighted by Gasteiger charge is -2.12. The van der Waals surface area contributed by atoms with Gasteiger partial charge in [-0.15, -0.1) is 0 Å². The van der Waals surface area contributed by atoms with E-state index in [1.54, 1.807) is 24.2 Å². The summed E-state index contributed by atoms with van der Waals surface area (Å²) in [7, 11) is 0. The van der Waals surface area contributed by atoms with Crippen molar-refractivity contribution >= 4 is 11.8 Å². The summed E-state index contributed by atoms with van der Waals surface area (Å²) in [6, 6.07) is 8.20. The first-order valence-electron chi connectivity index (χ1n) is 5.89. The monoisotopic (exact) mass is 259 g/mol. The maximum absolute atomic E-state index is 6.19. The van der Waals surface area contributed by atoms with E-state index >= 15 is 0 Å². The van der Waals surface area contributed by atoms with Gasteiger partial charge in [0.2, 0.25) is 0 Å². The Morgan fingerprint density at radius 1 is 1.17 bits per heavy atom. The average Bonchev–Trinajstić information content (AvgIpc) is 2.40. The number of aryl methyl sites for hydroxylation is 2. The van der Waals surface area contributed by atoms with Crippen molar-refractivity contribution in [3.63, 3.8) is 0 Å². The summed E-state index contributed by atoms with van der Waals surface area (Å²) < 4.78 is 0. The summed E-state index contributed by atoms with van der Waals surface area (Å²) in [5.41, 5.74) is 9.93. The zero-order valence-electron chi connectivity index (χ0n) is 10.6. The number of hydrogen-bond donors (Lipinski definition) is 1. The molecule has 0 radical (unpaired) electrons. The lowest BCUT2D eigenvalue weighted by molar-refractivity contribution is 0.824. The van der Waals surface area contributed by atoms with Crippen LogP contribution >= 0.6 is 11.8 Å². The molecule has 18 heavy (non-hydrogen) atoms. The molecular weight excluding hydrogens is 242 g/mol. The second kappa shape index (κ2) is 5.98. The predicted molar refractivity (Wildman–Crippen MR) is 75.6 cm³/mol. The van der Waals surface area contributed by atoms with Crippen molar-refractivity contribution in [2.45, 2.75) is 25.0 Å². The van der Waals surface area contributed by atoms with Crippen LogP contribution in [0.3, 0.4) is 0 Å². The number of thioether (sulfide) groups is 1. The van der Waals surface area contributed by atoms with E-state index < -0.39 is 0 Å². The van der Waals surface area contributed by atoms with Crippen LogP contribution in [0.1, 0.15) is 22.7 Å². The van der Waals surface area contributed by atoms with Gasteiger partial charge in [0, 0.05) is 24.2 Å². The van der Waals surface area contributed by atoms with E-state index in [9.17, 15) is 0 Å². The summed E-state index contributed by atoms with van der Waals surface area (Å²) in [4.78, 5) is 8.34. The minimum atomic E-state index is 0.0121. The number of rotatable bonds is 4. The third-order valence-corrected chi connectivity index (χ3v) is 3.89. The average molecular weight is 259 g/mol. The van der Waals surface area contributed by atoms with Crippen molar-refractivity contribution in [2.24, 2.45) is 5.73 Å². The number of benzene rings is 1. The van der Waals surface area contributed by atoms with E-state index in [0.717, 1.165) is 10.9 Å². The highest BCUT2D eigenvalue weighted by Gasteiger charge is 2.08. The van der Waals surface area contributed by atoms with E-state index in [0.29, 0.717) is 0 Å².